The van der Waals surface area contributed by atoms with E-state index in [1.54, 1.807) is 6.92 Å². The molecule has 1 saturated heterocycles. The highest BCUT2D eigenvalue weighted by Gasteiger charge is 2.20. The summed E-state index contributed by atoms with van der Waals surface area (Å²) in [5, 5.41) is 9.53. The summed E-state index contributed by atoms with van der Waals surface area (Å²) in [4.78, 5) is 2.38. The van der Waals surface area contributed by atoms with Crippen LogP contribution in [-0.2, 0) is 4.74 Å². The van der Waals surface area contributed by atoms with Crippen LogP contribution in [0.25, 0.3) is 0 Å². The second kappa shape index (κ2) is 6.92. The Balaban J connectivity index is 1.96. The molecule has 3 heteroatoms. The highest BCUT2D eigenvalue weighted by molar-refractivity contribution is 5.48. The number of aliphatic hydroxyl groups excluding tert-OH is 1. The molecule has 2 rings (SSSR count). The molecule has 1 aliphatic heterocycles. The maximum absolute atomic E-state index is 9.53. The van der Waals surface area contributed by atoms with Gasteiger partial charge in [0.1, 0.15) is 0 Å². The van der Waals surface area contributed by atoms with Crippen LogP contribution in [0.2, 0.25) is 0 Å². The van der Waals surface area contributed by atoms with E-state index >= 15 is 0 Å². The number of nitrogens with zero attached hydrogens (tertiary/aromatic N) is 1. The van der Waals surface area contributed by atoms with Crippen molar-refractivity contribution in [3.8, 4) is 0 Å². The van der Waals surface area contributed by atoms with Crippen LogP contribution >= 0.6 is 0 Å². The fraction of sp³-hybridized carbons (Fsp3) is 0.625. The van der Waals surface area contributed by atoms with E-state index < -0.39 is 6.10 Å². The zero-order valence-corrected chi connectivity index (χ0v) is 12.0. The lowest BCUT2D eigenvalue weighted by Crippen LogP contribution is -2.39. The van der Waals surface area contributed by atoms with Gasteiger partial charge in [0.25, 0.3) is 0 Å². The van der Waals surface area contributed by atoms with Gasteiger partial charge in [0.15, 0.2) is 0 Å². The first-order chi connectivity index (χ1) is 9.20. The van der Waals surface area contributed by atoms with E-state index in [-0.39, 0.29) is 0 Å². The van der Waals surface area contributed by atoms with Crippen LogP contribution in [0.3, 0.4) is 0 Å². The van der Waals surface area contributed by atoms with Crippen molar-refractivity contribution in [3.63, 3.8) is 0 Å². The monoisotopic (exact) mass is 263 g/mol. The number of benzene rings is 1. The molecular weight excluding hydrogens is 238 g/mol. The smallest absolute Gasteiger partial charge is 0.0761 e. The molecule has 1 aromatic carbocycles. The molecule has 106 valence electrons. The highest BCUT2D eigenvalue weighted by Crippen LogP contribution is 2.23. The number of hydrogen-bond donors (Lipinski definition) is 1. The van der Waals surface area contributed by atoms with Gasteiger partial charge in [-0.1, -0.05) is 19.1 Å². The second-order valence-electron chi connectivity index (χ2n) is 5.35. The normalized spacial score (nSPS) is 21.4. The predicted octanol–water partition coefficient (Wildman–Crippen LogP) is 3.14. The van der Waals surface area contributed by atoms with E-state index in [4.69, 9.17) is 4.74 Å². The zero-order valence-electron chi connectivity index (χ0n) is 12.0. The molecule has 2 atom stereocenters. The molecule has 0 saturated carbocycles. The van der Waals surface area contributed by atoms with E-state index in [9.17, 15) is 5.11 Å². The molecule has 1 unspecified atom stereocenters. The minimum atomic E-state index is -0.393. The number of ether oxygens (including phenoxy) is 1. The molecule has 1 heterocycles. The molecule has 1 aliphatic rings. The van der Waals surface area contributed by atoms with Crippen molar-refractivity contribution in [2.45, 2.75) is 45.3 Å². The van der Waals surface area contributed by atoms with Crippen molar-refractivity contribution in [3.05, 3.63) is 29.8 Å². The topological polar surface area (TPSA) is 32.7 Å². The van der Waals surface area contributed by atoms with Gasteiger partial charge in [0.05, 0.1) is 12.2 Å². The van der Waals surface area contributed by atoms with Crippen LogP contribution in [0.15, 0.2) is 24.3 Å². The van der Waals surface area contributed by atoms with Gasteiger partial charge in [-0.05, 0) is 43.9 Å². The van der Waals surface area contributed by atoms with E-state index in [0.717, 1.165) is 31.7 Å². The number of hydrogen-bond acceptors (Lipinski definition) is 3. The summed E-state index contributed by atoms with van der Waals surface area (Å²) in [5.41, 5.74) is 2.20. The van der Waals surface area contributed by atoms with E-state index in [1.807, 2.05) is 12.1 Å². The van der Waals surface area contributed by atoms with Crippen LogP contribution in [0.4, 0.5) is 5.69 Å². The van der Waals surface area contributed by atoms with Crippen molar-refractivity contribution < 1.29 is 9.84 Å². The highest BCUT2D eigenvalue weighted by atomic mass is 16.5. The molecule has 0 bridgehead atoms. The summed E-state index contributed by atoms with van der Waals surface area (Å²) in [6.07, 6.45) is 3.41. The molecule has 0 aliphatic carbocycles. The largest absolute Gasteiger partial charge is 0.389 e. The van der Waals surface area contributed by atoms with Crippen molar-refractivity contribution in [2.24, 2.45) is 0 Å². The van der Waals surface area contributed by atoms with E-state index in [0.29, 0.717) is 6.10 Å². The van der Waals surface area contributed by atoms with Gasteiger partial charge in [-0.2, -0.15) is 0 Å². The predicted molar refractivity (Wildman–Crippen MR) is 78.6 cm³/mol. The number of rotatable bonds is 5. The van der Waals surface area contributed by atoms with Gasteiger partial charge < -0.3 is 14.7 Å². The Morgan fingerprint density at radius 3 is 2.74 bits per heavy atom. The first-order valence-electron chi connectivity index (χ1n) is 7.35. The molecule has 1 fully saturated rings. The van der Waals surface area contributed by atoms with Gasteiger partial charge in [0.2, 0.25) is 0 Å². The van der Waals surface area contributed by atoms with Crippen molar-refractivity contribution in [1.82, 2.24) is 0 Å². The maximum atomic E-state index is 9.53. The maximum Gasteiger partial charge on any atom is 0.0761 e. The molecule has 19 heavy (non-hydrogen) atoms. The third-order valence-corrected chi connectivity index (χ3v) is 3.68. The van der Waals surface area contributed by atoms with Crippen LogP contribution in [0.5, 0.6) is 0 Å². The van der Waals surface area contributed by atoms with Gasteiger partial charge in [0, 0.05) is 25.4 Å². The first-order valence-corrected chi connectivity index (χ1v) is 7.35. The Morgan fingerprint density at radius 1 is 1.37 bits per heavy atom. The Hall–Kier alpha value is -1.06. The van der Waals surface area contributed by atoms with E-state index in [1.165, 1.54) is 18.5 Å². The molecule has 0 radical (unpaired) electrons. The molecule has 1 N–H and O–H groups in total. The molecule has 0 spiro atoms. The zero-order chi connectivity index (χ0) is 13.7. The summed E-state index contributed by atoms with van der Waals surface area (Å²) < 4.78 is 5.86. The minimum absolute atomic E-state index is 0.366. The Labute approximate surface area is 116 Å². The minimum Gasteiger partial charge on any atom is -0.389 e. The lowest BCUT2D eigenvalue weighted by atomic mass is 10.1. The molecule has 1 aromatic rings. The lowest BCUT2D eigenvalue weighted by molar-refractivity contribution is 0.0440. The van der Waals surface area contributed by atoms with Crippen molar-refractivity contribution >= 4 is 5.69 Å². The summed E-state index contributed by atoms with van der Waals surface area (Å²) in [7, 11) is 0. The van der Waals surface area contributed by atoms with E-state index in [2.05, 4.69) is 24.0 Å². The number of anilines is 1. The quantitative estimate of drug-likeness (QED) is 0.886. The van der Waals surface area contributed by atoms with Crippen LogP contribution in [-0.4, -0.2) is 30.9 Å². The summed E-state index contributed by atoms with van der Waals surface area (Å²) in [5.74, 6) is 0. The first kappa shape index (κ1) is 14.4. The van der Waals surface area contributed by atoms with Crippen molar-refractivity contribution in [1.29, 1.82) is 0 Å². The Bertz CT molecular complexity index is 375. The fourth-order valence-electron chi connectivity index (χ4n) is 2.56. The molecular formula is C16H25NO2. The lowest BCUT2D eigenvalue weighted by Gasteiger charge is -2.34. The third-order valence-electron chi connectivity index (χ3n) is 3.68. The summed E-state index contributed by atoms with van der Waals surface area (Å²) in [6, 6.07) is 8.22. The molecule has 3 nitrogen and oxygen atoms in total. The summed E-state index contributed by atoms with van der Waals surface area (Å²) in [6.45, 7) is 6.88. The van der Waals surface area contributed by atoms with Crippen LogP contribution in [0, 0.1) is 0 Å². The van der Waals surface area contributed by atoms with Crippen LogP contribution in [0.1, 0.15) is 44.8 Å². The van der Waals surface area contributed by atoms with Gasteiger partial charge in [-0.3, -0.25) is 0 Å². The average molecular weight is 263 g/mol. The van der Waals surface area contributed by atoms with Crippen LogP contribution < -0.4 is 4.90 Å². The number of piperidine rings is 1. The fourth-order valence-corrected chi connectivity index (χ4v) is 2.56. The number of aliphatic hydroxyl groups is 1. The standard InChI is InChI=1S/C16H25NO2/c1-3-11-19-16-5-4-10-17(12-16)15-8-6-14(7-9-15)13(2)18/h6-9,13,16,18H,3-5,10-12H2,1-2H3/t13-,16?/m1/s1. The average Bonchev–Trinajstić information content (AvgIpc) is 2.45. The molecule has 0 amide bonds. The second-order valence-corrected chi connectivity index (χ2v) is 5.35. The third kappa shape index (κ3) is 3.95. The van der Waals surface area contributed by atoms with Gasteiger partial charge in [-0.15, -0.1) is 0 Å². The Kier molecular flexibility index (Phi) is 5.23. The van der Waals surface area contributed by atoms with Gasteiger partial charge >= 0.3 is 0 Å². The molecule has 0 aromatic heterocycles. The van der Waals surface area contributed by atoms with Gasteiger partial charge in [-0.25, -0.2) is 0 Å². The SMILES string of the molecule is CCCOC1CCCN(c2ccc([C@@H](C)O)cc2)C1. The van der Waals surface area contributed by atoms with Crippen molar-refractivity contribution in [2.75, 3.05) is 24.6 Å². The Morgan fingerprint density at radius 2 is 2.11 bits per heavy atom. The summed E-state index contributed by atoms with van der Waals surface area (Å²) >= 11 is 0.